The molecule has 1 unspecified atom stereocenters. The van der Waals surface area contributed by atoms with E-state index in [0.717, 1.165) is 44.3 Å². The Morgan fingerprint density at radius 2 is 1.66 bits per heavy atom. The van der Waals surface area contributed by atoms with Crippen molar-refractivity contribution in [1.29, 1.82) is 0 Å². The van der Waals surface area contributed by atoms with Crippen molar-refractivity contribution in [1.82, 2.24) is 9.80 Å². The fraction of sp³-hybridized carbons (Fsp3) is 0.636. The van der Waals surface area contributed by atoms with Crippen molar-refractivity contribution in [3.8, 4) is 0 Å². The minimum atomic E-state index is -0.306. The van der Waals surface area contributed by atoms with E-state index in [2.05, 4.69) is 0 Å². The van der Waals surface area contributed by atoms with Crippen molar-refractivity contribution in [2.45, 2.75) is 38.4 Å². The summed E-state index contributed by atoms with van der Waals surface area (Å²) in [6, 6.07) is 6.02. The second kappa shape index (κ2) is 9.22. The molecule has 3 heterocycles. The number of hydrogen-bond acceptors (Lipinski definition) is 4. The SMILES string of the molecule is O=C(Cc1ccc(F)cc1)N1CCCC(C(=O)N2CCC(C3OCCO3)CC2)C1. The minimum Gasteiger partial charge on any atom is -0.350 e. The molecule has 3 aliphatic heterocycles. The van der Waals surface area contributed by atoms with E-state index in [-0.39, 0.29) is 36.3 Å². The normalized spacial score (nSPS) is 24.1. The fourth-order valence-corrected chi connectivity index (χ4v) is 4.59. The number of carbonyl (C=O) groups excluding carboxylic acids is 2. The lowest BCUT2D eigenvalue weighted by Gasteiger charge is -2.38. The van der Waals surface area contributed by atoms with Crippen LogP contribution in [0.1, 0.15) is 31.2 Å². The molecule has 0 spiro atoms. The average Bonchev–Trinajstić information content (AvgIpc) is 3.30. The summed E-state index contributed by atoms with van der Waals surface area (Å²) in [6.07, 6.45) is 3.60. The molecule has 0 aromatic heterocycles. The number of rotatable bonds is 4. The van der Waals surface area contributed by atoms with E-state index in [1.807, 2.05) is 4.90 Å². The van der Waals surface area contributed by atoms with Crippen LogP contribution >= 0.6 is 0 Å². The first kappa shape index (κ1) is 20.3. The zero-order valence-electron chi connectivity index (χ0n) is 16.7. The molecule has 3 aliphatic rings. The number of carbonyl (C=O) groups is 2. The summed E-state index contributed by atoms with van der Waals surface area (Å²) < 4.78 is 24.3. The Kier molecular flexibility index (Phi) is 6.45. The van der Waals surface area contributed by atoms with Crippen molar-refractivity contribution in [2.24, 2.45) is 11.8 Å². The predicted octanol–water partition coefficient (Wildman–Crippen LogP) is 2.22. The van der Waals surface area contributed by atoms with Crippen LogP contribution in [-0.2, 0) is 25.5 Å². The number of benzene rings is 1. The lowest BCUT2D eigenvalue weighted by Crippen LogP contribution is -2.49. The highest BCUT2D eigenvalue weighted by Crippen LogP contribution is 2.28. The van der Waals surface area contributed by atoms with Crippen LogP contribution in [0.15, 0.2) is 24.3 Å². The molecular weight excluding hydrogens is 375 g/mol. The summed E-state index contributed by atoms with van der Waals surface area (Å²) in [7, 11) is 0. The number of hydrogen-bond donors (Lipinski definition) is 0. The van der Waals surface area contributed by atoms with Crippen LogP contribution in [0, 0.1) is 17.7 Å². The summed E-state index contributed by atoms with van der Waals surface area (Å²) in [5.41, 5.74) is 0.795. The Bertz CT molecular complexity index is 712. The van der Waals surface area contributed by atoms with Gasteiger partial charge in [0.2, 0.25) is 11.8 Å². The average molecular weight is 404 g/mol. The summed E-state index contributed by atoms with van der Waals surface area (Å²) in [4.78, 5) is 29.4. The first-order valence-electron chi connectivity index (χ1n) is 10.6. The Labute approximate surface area is 170 Å². The highest BCUT2D eigenvalue weighted by Gasteiger charge is 2.35. The van der Waals surface area contributed by atoms with Crippen molar-refractivity contribution in [2.75, 3.05) is 39.4 Å². The van der Waals surface area contributed by atoms with Gasteiger partial charge in [0.25, 0.3) is 0 Å². The van der Waals surface area contributed by atoms with Crippen LogP contribution in [0.4, 0.5) is 4.39 Å². The van der Waals surface area contributed by atoms with Crippen LogP contribution in [0.2, 0.25) is 0 Å². The van der Waals surface area contributed by atoms with Gasteiger partial charge in [0.15, 0.2) is 6.29 Å². The van der Waals surface area contributed by atoms with Gasteiger partial charge in [-0.2, -0.15) is 0 Å². The molecule has 0 radical (unpaired) electrons. The number of nitrogens with zero attached hydrogens (tertiary/aromatic N) is 2. The highest BCUT2D eigenvalue weighted by molar-refractivity contribution is 5.82. The molecule has 4 rings (SSSR count). The zero-order valence-corrected chi connectivity index (χ0v) is 16.7. The zero-order chi connectivity index (χ0) is 20.2. The van der Waals surface area contributed by atoms with Crippen LogP contribution in [-0.4, -0.2) is 67.3 Å². The molecule has 3 saturated heterocycles. The molecule has 6 nitrogen and oxygen atoms in total. The minimum absolute atomic E-state index is 0.00310. The molecule has 0 bridgehead atoms. The van der Waals surface area contributed by atoms with Gasteiger partial charge in [-0.25, -0.2) is 4.39 Å². The van der Waals surface area contributed by atoms with E-state index in [1.165, 1.54) is 12.1 Å². The number of halogens is 1. The molecule has 1 atom stereocenters. The number of amides is 2. The van der Waals surface area contributed by atoms with Gasteiger partial charge in [0, 0.05) is 32.1 Å². The van der Waals surface area contributed by atoms with E-state index < -0.39 is 0 Å². The maximum absolute atomic E-state index is 13.1. The number of piperidine rings is 2. The topological polar surface area (TPSA) is 59.1 Å². The van der Waals surface area contributed by atoms with Crippen molar-refractivity contribution < 1.29 is 23.5 Å². The highest BCUT2D eigenvalue weighted by atomic mass is 19.1. The first-order valence-corrected chi connectivity index (χ1v) is 10.6. The molecular formula is C22H29FN2O4. The number of likely N-dealkylation sites (tertiary alicyclic amines) is 2. The predicted molar refractivity (Wildman–Crippen MR) is 104 cm³/mol. The third-order valence-corrected chi connectivity index (χ3v) is 6.28. The summed E-state index contributed by atoms with van der Waals surface area (Å²) in [5, 5.41) is 0. The molecule has 1 aromatic carbocycles. The lowest BCUT2D eigenvalue weighted by molar-refractivity contribution is -0.144. The molecule has 3 fully saturated rings. The number of ether oxygens (including phenoxy) is 2. The van der Waals surface area contributed by atoms with E-state index in [9.17, 15) is 14.0 Å². The van der Waals surface area contributed by atoms with E-state index in [4.69, 9.17) is 9.47 Å². The van der Waals surface area contributed by atoms with E-state index >= 15 is 0 Å². The molecule has 2 amide bonds. The van der Waals surface area contributed by atoms with E-state index in [0.29, 0.717) is 32.2 Å². The van der Waals surface area contributed by atoms with Crippen LogP contribution in [0.3, 0.4) is 0 Å². The van der Waals surface area contributed by atoms with Gasteiger partial charge in [-0.3, -0.25) is 9.59 Å². The smallest absolute Gasteiger partial charge is 0.227 e. The second-order valence-corrected chi connectivity index (χ2v) is 8.25. The molecule has 1 aromatic rings. The monoisotopic (exact) mass is 404 g/mol. The molecule has 0 aliphatic carbocycles. The van der Waals surface area contributed by atoms with Gasteiger partial charge in [0.05, 0.1) is 25.6 Å². The molecule has 0 N–H and O–H groups in total. The lowest BCUT2D eigenvalue weighted by atomic mass is 9.92. The largest absolute Gasteiger partial charge is 0.350 e. The molecule has 29 heavy (non-hydrogen) atoms. The third kappa shape index (κ3) is 4.95. The summed E-state index contributed by atoms with van der Waals surface area (Å²) in [6.45, 7) is 3.94. The standard InChI is InChI=1S/C22H29FN2O4/c23-19-5-3-16(4-6-19)14-20(26)25-9-1-2-18(15-25)21(27)24-10-7-17(8-11-24)22-28-12-13-29-22/h3-6,17-18,22H,1-2,7-15H2. The van der Waals surface area contributed by atoms with Crippen molar-refractivity contribution >= 4 is 11.8 Å². The summed E-state index contributed by atoms with van der Waals surface area (Å²) in [5.74, 6) is 0.0946. The first-order chi connectivity index (χ1) is 14.1. The van der Waals surface area contributed by atoms with Crippen LogP contribution < -0.4 is 0 Å². The quantitative estimate of drug-likeness (QED) is 0.772. The molecule has 0 saturated carbocycles. The Morgan fingerprint density at radius 3 is 2.34 bits per heavy atom. The Hall–Kier alpha value is -1.99. The van der Waals surface area contributed by atoms with Gasteiger partial charge < -0.3 is 19.3 Å². The van der Waals surface area contributed by atoms with Gasteiger partial charge in [-0.05, 0) is 43.4 Å². The fourth-order valence-electron chi connectivity index (χ4n) is 4.59. The maximum Gasteiger partial charge on any atom is 0.227 e. The van der Waals surface area contributed by atoms with Gasteiger partial charge >= 0.3 is 0 Å². The van der Waals surface area contributed by atoms with Crippen molar-refractivity contribution in [3.05, 3.63) is 35.6 Å². The molecule has 7 heteroatoms. The van der Waals surface area contributed by atoms with Gasteiger partial charge in [0.1, 0.15) is 5.82 Å². The maximum atomic E-state index is 13.1. The second-order valence-electron chi connectivity index (χ2n) is 8.25. The third-order valence-electron chi connectivity index (χ3n) is 6.28. The van der Waals surface area contributed by atoms with Gasteiger partial charge in [-0.1, -0.05) is 12.1 Å². The van der Waals surface area contributed by atoms with Crippen LogP contribution in [0.5, 0.6) is 0 Å². The van der Waals surface area contributed by atoms with Crippen LogP contribution in [0.25, 0.3) is 0 Å². The summed E-state index contributed by atoms with van der Waals surface area (Å²) >= 11 is 0. The molecule has 158 valence electrons. The Balaban J connectivity index is 1.28. The van der Waals surface area contributed by atoms with Crippen molar-refractivity contribution in [3.63, 3.8) is 0 Å². The Morgan fingerprint density at radius 1 is 0.966 bits per heavy atom. The van der Waals surface area contributed by atoms with Gasteiger partial charge in [-0.15, -0.1) is 0 Å². The van der Waals surface area contributed by atoms with E-state index in [1.54, 1.807) is 17.0 Å².